The highest BCUT2D eigenvalue weighted by Gasteiger charge is 2.34. The molecule has 1 aliphatic heterocycles. The van der Waals surface area contributed by atoms with Crippen LogP contribution < -0.4 is 4.74 Å². The number of benzene rings is 1. The molecule has 0 saturated carbocycles. The molecule has 1 aliphatic rings. The Morgan fingerprint density at radius 3 is 2.92 bits per heavy atom. The fourth-order valence-corrected chi connectivity index (χ4v) is 3.63. The van der Waals surface area contributed by atoms with Crippen LogP contribution in [-0.2, 0) is 4.79 Å². The number of hydrazone groups is 1. The average molecular weight is 344 g/mol. The van der Waals surface area contributed by atoms with Crippen molar-refractivity contribution in [2.45, 2.75) is 32.2 Å². The molecule has 0 fully saturated rings. The zero-order chi connectivity index (χ0) is 17.1. The van der Waals surface area contributed by atoms with Crippen molar-refractivity contribution in [3.63, 3.8) is 0 Å². The molecule has 0 aliphatic carbocycles. The highest BCUT2D eigenvalue weighted by molar-refractivity contribution is 7.10. The Kier molecular flexibility index (Phi) is 4.85. The lowest BCUT2D eigenvalue weighted by Crippen LogP contribution is -2.26. The highest BCUT2D eigenvalue weighted by atomic mass is 32.1. The first kappa shape index (κ1) is 16.5. The summed E-state index contributed by atoms with van der Waals surface area (Å²) in [6.07, 6.45) is 1.84. The zero-order valence-corrected chi connectivity index (χ0v) is 14.5. The molecule has 1 atom stereocenters. The predicted molar refractivity (Wildman–Crippen MR) is 94.6 cm³/mol. The molecule has 0 saturated heterocycles. The highest BCUT2D eigenvalue weighted by Crippen LogP contribution is 2.37. The second kappa shape index (κ2) is 7.05. The van der Waals surface area contributed by atoms with E-state index in [1.54, 1.807) is 41.7 Å². The van der Waals surface area contributed by atoms with E-state index in [-0.39, 0.29) is 17.7 Å². The van der Waals surface area contributed by atoms with Crippen molar-refractivity contribution in [2.24, 2.45) is 5.10 Å². The van der Waals surface area contributed by atoms with E-state index in [2.05, 4.69) is 5.10 Å². The monoisotopic (exact) mass is 344 g/mol. The molecule has 6 heteroatoms. The Morgan fingerprint density at radius 2 is 2.29 bits per heavy atom. The van der Waals surface area contributed by atoms with Gasteiger partial charge >= 0.3 is 0 Å². The normalized spacial score (nSPS) is 17.0. The van der Waals surface area contributed by atoms with Gasteiger partial charge in [-0.25, -0.2) is 5.01 Å². The summed E-state index contributed by atoms with van der Waals surface area (Å²) in [7, 11) is 1.56. The molecule has 2 heterocycles. The Labute approximate surface area is 145 Å². The molecule has 1 amide bonds. The van der Waals surface area contributed by atoms with Crippen LogP contribution in [0.3, 0.4) is 0 Å². The summed E-state index contributed by atoms with van der Waals surface area (Å²) in [5, 5.41) is 18.4. The quantitative estimate of drug-likeness (QED) is 0.893. The lowest BCUT2D eigenvalue weighted by atomic mass is 10.0. The van der Waals surface area contributed by atoms with Gasteiger partial charge in [0.25, 0.3) is 0 Å². The van der Waals surface area contributed by atoms with Crippen LogP contribution in [0.15, 0.2) is 40.8 Å². The van der Waals surface area contributed by atoms with Crippen LogP contribution in [-0.4, -0.2) is 28.8 Å². The summed E-state index contributed by atoms with van der Waals surface area (Å²) >= 11 is 1.62. The summed E-state index contributed by atoms with van der Waals surface area (Å²) < 4.78 is 5.12. The number of hydrogen-bond donors (Lipinski definition) is 1. The minimum atomic E-state index is -0.0967. The number of thiophene rings is 1. The standard InChI is InChI=1S/C18H20N2O3S/c1-3-5-18(22)20-15(17-6-4-9-24-17)11-14(19-20)13-8-7-12(23-2)10-16(13)21/h4,6-10,15,21H,3,5,11H2,1-2H3. The molecular formula is C18H20N2O3S. The molecule has 1 unspecified atom stereocenters. The summed E-state index contributed by atoms with van der Waals surface area (Å²) in [6.45, 7) is 1.98. The second-order valence-electron chi connectivity index (χ2n) is 5.65. The zero-order valence-electron chi connectivity index (χ0n) is 13.7. The van der Waals surface area contributed by atoms with Gasteiger partial charge in [0.1, 0.15) is 11.5 Å². The largest absolute Gasteiger partial charge is 0.507 e. The van der Waals surface area contributed by atoms with E-state index >= 15 is 0 Å². The van der Waals surface area contributed by atoms with E-state index in [4.69, 9.17) is 4.74 Å². The minimum absolute atomic E-state index is 0.0129. The van der Waals surface area contributed by atoms with Gasteiger partial charge in [0.05, 0.1) is 18.9 Å². The van der Waals surface area contributed by atoms with Crippen molar-refractivity contribution in [1.82, 2.24) is 5.01 Å². The van der Waals surface area contributed by atoms with Gasteiger partial charge in [-0.05, 0) is 30.0 Å². The predicted octanol–water partition coefficient (Wildman–Crippen LogP) is 3.94. The van der Waals surface area contributed by atoms with Gasteiger partial charge in [-0.15, -0.1) is 11.3 Å². The van der Waals surface area contributed by atoms with Crippen LogP contribution in [0.5, 0.6) is 11.5 Å². The number of aromatic hydroxyl groups is 1. The van der Waals surface area contributed by atoms with Crippen LogP contribution in [0.2, 0.25) is 0 Å². The van der Waals surface area contributed by atoms with Crippen LogP contribution in [0.25, 0.3) is 0 Å². The van der Waals surface area contributed by atoms with Crippen molar-refractivity contribution < 1.29 is 14.6 Å². The number of ether oxygens (including phenoxy) is 1. The number of hydrogen-bond acceptors (Lipinski definition) is 5. The van der Waals surface area contributed by atoms with Crippen LogP contribution in [0.1, 0.15) is 42.7 Å². The number of carbonyl (C=O) groups excluding carboxylic acids is 1. The summed E-state index contributed by atoms with van der Waals surface area (Å²) in [5.41, 5.74) is 1.36. The van der Waals surface area contributed by atoms with Crippen molar-refractivity contribution in [3.8, 4) is 11.5 Å². The van der Waals surface area contributed by atoms with Gasteiger partial charge in [-0.3, -0.25) is 4.79 Å². The molecule has 3 rings (SSSR count). The number of methoxy groups -OCH3 is 1. The lowest BCUT2D eigenvalue weighted by molar-refractivity contribution is -0.132. The van der Waals surface area contributed by atoms with Gasteiger partial charge in [-0.2, -0.15) is 5.10 Å². The third-order valence-electron chi connectivity index (χ3n) is 4.02. The van der Waals surface area contributed by atoms with Crippen molar-refractivity contribution in [1.29, 1.82) is 0 Å². The maximum atomic E-state index is 12.5. The number of nitrogens with zero attached hydrogens (tertiary/aromatic N) is 2. The van der Waals surface area contributed by atoms with Crippen LogP contribution >= 0.6 is 11.3 Å². The van der Waals surface area contributed by atoms with Crippen molar-refractivity contribution in [3.05, 3.63) is 46.2 Å². The molecule has 5 nitrogen and oxygen atoms in total. The molecule has 1 aromatic heterocycles. The van der Waals surface area contributed by atoms with E-state index in [1.165, 1.54) is 0 Å². The first-order chi connectivity index (χ1) is 11.6. The van der Waals surface area contributed by atoms with Crippen LogP contribution in [0, 0.1) is 0 Å². The van der Waals surface area contributed by atoms with Gasteiger partial charge in [0.15, 0.2) is 0 Å². The van der Waals surface area contributed by atoms with Gasteiger partial charge in [0.2, 0.25) is 5.91 Å². The molecule has 0 spiro atoms. The number of phenolic OH excluding ortho intramolecular Hbond substituents is 1. The molecule has 1 aromatic carbocycles. The summed E-state index contributed by atoms with van der Waals surface area (Å²) in [6, 6.07) is 9.04. The molecular weight excluding hydrogens is 324 g/mol. The molecule has 1 N–H and O–H groups in total. The summed E-state index contributed by atoms with van der Waals surface area (Å²) in [5.74, 6) is 0.713. The smallest absolute Gasteiger partial charge is 0.243 e. The maximum Gasteiger partial charge on any atom is 0.243 e. The molecule has 0 bridgehead atoms. The Hall–Kier alpha value is -2.34. The van der Waals surface area contributed by atoms with E-state index < -0.39 is 0 Å². The van der Waals surface area contributed by atoms with E-state index in [1.807, 2.05) is 24.4 Å². The number of amides is 1. The fourth-order valence-electron chi connectivity index (χ4n) is 2.82. The van der Waals surface area contributed by atoms with Gasteiger partial charge in [-0.1, -0.05) is 13.0 Å². The van der Waals surface area contributed by atoms with E-state index in [9.17, 15) is 9.90 Å². The SMILES string of the molecule is CCCC(=O)N1N=C(c2ccc(OC)cc2O)CC1c1cccs1. The Balaban J connectivity index is 1.94. The third kappa shape index (κ3) is 3.14. The minimum Gasteiger partial charge on any atom is -0.507 e. The summed E-state index contributed by atoms with van der Waals surface area (Å²) in [4.78, 5) is 13.6. The average Bonchev–Trinajstić information content (AvgIpc) is 3.24. The van der Waals surface area contributed by atoms with E-state index in [0.717, 1.165) is 17.0 Å². The first-order valence-electron chi connectivity index (χ1n) is 7.94. The van der Waals surface area contributed by atoms with Crippen molar-refractivity contribution in [2.75, 3.05) is 7.11 Å². The van der Waals surface area contributed by atoms with Crippen molar-refractivity contribution >= 4 is 23.0 Å². The number of carbonyl (C=O) groups is 1. The lowest BCUT2D eigenvalue weighted by Gasteiger charge is -2.20. The Morgan fingerprint density at radius 1 is 1.46 bits per heavy atom. The molecule has 126 valence electrons. The fraction of sp³-hybridized carbons (Fsp3) is 0.333. The maximum absolute atomic E-state index is 12.5. The van der Waals surface area contributed by atoms with Gasteiger partial charge < -0.3 is 9.84 Å². The van der Waals surface area contributed by atoms with Gasteiger partial charge in [0, 0.05) is 29.3 Å². The number of phenols is 1. The van der Waals surface area contributed by atoms with E-state index in [0.29, 0.717) is 24.2 Å². The molecule has 24 heavy (non-hydrogen) atoms. The third-order valence-corrected chi connectivity index (χ3v) is 4.99. The van der Waals surface area contributed by atoms with Crippen LogP contribution in [0.4, 0.5) is 0 Å². The molecule has 0 radical (unpaired) electrons. The second-order valence-corrected chi connectivity index (χ2v) is 6.63. The topological polar surface area (TPSA) is 62.1 Å². The molecule has 2 aromatic rings. The first-order valence-corrected chi connectivity index (χ1v) is 8.82. The Bertz CT molecular complexity index is 756. The number of rotatable bonds is 5.